The van der Waals surface area contributed by atoms with Crippen molar-refractivity contribution in [3.05, 3.63) is 46.2 Å². The number of piperidine rings is 1. The van der Waals surface area contributed by atoms with Crippen LogP contribution in [0.2, 0.25) is 0 Å². The van der Waals surface area contributed by atoms with E-state index in [1.165, 1.54) is 18.9 Å². The van der Waals surface area contributed by atoms with Crippen molar-refractivity contribution in [2.75, 3.05) is 20.1 Å². The van der Waals surface area contributed by atoms with E-state index >= 15 is 0 Å². The number of H-pyrrole nitrogens is 1. The van der Waals surface area contributed by atoms with Gasteiger partial charge in [-0.05, 0) is 38.6 Å². The van der Waals surface area contributed by atoms with Gasteiger partial charge in [-0.2, -0.15) is 0 Å². The summed E-state index contributed by atoms with van der Waals surface area (Å²) in [5, 5.41) is 3.54. The number of nitrogens with zero attached hydrogens (tertiary/aromatic N) is 1. The molecule has 22 heavy (non-hydrogen) atoms. The Labute approximate surface area is 129 Å². The van der Waals surface area contributed by atoms with E-state index in [-0.39, 0.29) is 11.3 Å². The summed E-state index contributed by atoms with van der Waals surface area (Å²) in [6.45, 7) is 1.69. The van der Waals surface area contributed by atoms with Gasteiger partial charge in [0.1, 0.15) is 5.69 Å². The number of rotatable bonds is 3. The van der Waals surface area contributed by atoms with Crippen molar-refractivity contribution in [2.24, 2.45) is 0 Å². The summed E-state index contributed by atoms with van der Waals surface area (Å²) in [4.78, 5) is 29.7. The second-order valence-corrected chi connectivity index (χ2v) is 5.93. The molecule has 2 heterocycles. The van der Waals surface area contributed by atoms with Crippen LogP contribution in [0.25, 0.3) is 10.9 Å². The Morgan fingerprint density at radius 1 is 1.36 bits per heavy atom. The van der Waals surface area contributed by atoms with Gasteiger partial charge in [0.15, 0.2) is 5.43 Å². The van der Waals surface area contributed by atoms with Crippen molar-refractivity contribution in [3.63, 3.8) is 0 Å². The summed E-state index contributed by atoms with van der Waals surface area (Å²) < 4.78 is 0. The normalized spacial score (nSPS) is 19.2. The molecule has 2 aromatic rings. The van der Waals surface area contributed by atoms with E-state index in [2.05, 4.69) is 22.2 Å². The minimum absolute atomic E-state index is 0.130. The number of carbonyl (C=O) groups is 1. The smallest absolute Gasteiger partial charge is 0.267 e. The highest BCUT2D eigenvalue weighted by atomic mass is 16.2. The molecule has 5 heteroatoms. The van der Waals surface area contributed by atoms with E-state index in [9.17, 15) is 9.59 Å². The minimum Gasteiger partial charge on any atom is -0.350 e. The van der Waals surface area contributed by atoms with E-state index in [1.54, 1.807) is 6.07 Å². The molecule has 0 bridgehead atoms. The van der Waals surface area contributed by atoms with Gasteiger partial charge in [-0.15, -0.1) is 0 Å². The summed E-state index contributed by atoms with van der Waals surface area (Å²) in [5.41, 5.74) is 0.881. The molecule has 1 saturated heterocycles. The number of pyridine rings is 1. The Kier molecular flexibility index (Phi) is 4.24. The van der Waals surface area contributed by atoms with Gasteiger partial charge in [0, 0.05) is 29.6 Å². The highest BCUT2D eigenvalue weighted by Crippen LogP contribution is 2.14. The van der Waals surface area contributed by atoms with Gasteiger partial charge in [0.05, 0.1) is 0 Å². The lowest BCUT2D eigenvalue weighted by atomic mass is 10.0. The second kappa shape index (κ2) is 6.32. The molecule has 1 aromatic heterocycles. The van der Waals surface area contributed by atoms with Crippen molar-refractivity contribution in [2.45, 2.75) is 25.3 Å². The molecule has 2 N–H and O–H groups in total. The highest BCUT2D eigenvalue weighted by molar-refractivity contribution is 5.94. The molecule has 0 spiro atoms. The number of amides is 1. The quantitative estimate of drug-likeness (QED) is 0.907. The number of likely N-dealkylation sites (tertiary alicyclic amines) is 1. The Morgan fingerprint density at radius 3 is 3.00 bits per heavy atom. The molecule has 1 amide bonds. The summed E-state index contributed by atoms with van der Waals surface area (Å²) in [7, 11) is 2.09. The van der Waals surface area contributed by atoms with Crippen molar-refractivity contribution in [1.82, 2.24) is 15.2 Å². The summed E-state index contributed by atoms with van der Waals surface area (Å²) >= 11 is 0. The molecule has 5 nitrogen and oxygen atoms in total. The maximum atomic E-state index is 12.3. The van der Waals surface area contributed by atoms with Gasteiger partial charge in [0.25, 0.3) is 5.91 Å². The van der Waals surface area contributed by atoms with Crippen molar-refractivity contribution in [3.8, 4) is 0 Å². The van der Waals surface area contributed by atoms with Crippen molar-refractivity contribution < 1.29 is 4.79 Å². The van der Waals surface area contributed by atoms with Gasteiger partial charge in [-0.1, -0.05) is 18.6 Å². The van der Waals surface area contributed by atoms with Crippen LogP contribution in [0.3, 0.4) is 0 Å². The fraction of sp³-hybridized carbons (Fsp3) is 0.412. The van der Waals surface area contributed by atoms with Crippen LogP contribution in [0.5, 0.6) is 0 Å². The number of hydrogen-bond donors (Lipinski definition) is 2. The third-order valence-corrected chi connectivity index (χ3v) is 4.40. The number of nitrogens with one attached hydrogen (secondary N) is 2. The largest absolute Gasteiger partial charge is 0.350 e. The van der Waals surface area contributed by atoms with Gasteiger partial charge in [0.2, 0.25) is 0 Å². The molecule has 1 aromatic carbocycles. The SMILES string of the molecule is CN1CCCCC1CNC(=O)c1cc(=O)c2ccccc2[nH]1. The van der Waals surface area contributed by atoms with Gasteiger partial charge >= 0.3 is 0 Å². The highest BCUT2D eigenvalue weighted by Gasteiger charge is 2.19. The van der Waals surface area contributed by atoms with Crippen LogP contribution >= 0.6 is 0 Å². The third-order valence-electron chi connectivity index (χ3n) is 4.40. The second-order valence-electron chi connectivity index (χ2n) is 5.93. The van der Waals surface area contributed by atoms with Crippen LogP contribution < -0.4 is 10.7 Å². The molecular weight excluding hydrogens is 278 g/mol. The maximum Gasteiger partial charge on any atom is 0.267 e. The summed E-state index contributed by atoms with van der Waals surface area (Å²) in [6.07, 6.45) is 3.53. The maximum absolute atomic E-state index is 12.3. The first-order valence-corrected chi connectivity index (χ1v) is 7.75. The Bertz CT molecular complexity index is 738. The first-order chi connectivity index (χ1) is 10.6. The fourth-order valence-electron chi connectivity index (χ4n) is 3.03. The Morgan fingerprint density at radius 2 is 2.18 bits per heavy atom. The molecular formula is C17H21N3O2. The molecule has 1 unspecified atom stereocenters. The standard InChI is InChI=1S/C17H21N3O2/c1-20-9-5-4-6-12(20)11-18-17(22)15-10-16(21)13-7-2-3-8-14(13)19-15/h2-3,7-8,10,12H,4-6,9,11H2,1H3,(H,18,22)(H,19,21). The number of carbonyl (C=O) groups excluding carboxylic acids is 1. The van der Waals surface area contributed by atoms with E-state index in [0.717, 1.165) is 13.0 Å². The Hall–Kier alpha value is -2.14. The zero-order valence-corrected chi connectivity index (χ0v) is 12.8. The average Bonchev–Trinajstić information content (AvgIpc) is 2.54. The summed E-state index contributed by atoms with van der Waals surface area (Å²) in [6, 6.07) is 8.98. The van der Waals surface area contributed by atoms with Crippen LogP contribution in [-0.4, -0.2) is 42.0 Å². The van der Waals surface area contributed by atoms with Gasteiger partial charge in [-0.25, -0.2) is 0 Å². The molecule has 3 rings (SSSR count). The van der Waals surface area contributed by atoms with Crippen LogP contribution in [0.15, 0.2) is 35.1 Å². The molecule has 0 radical (unpaired) electrons. The number of hydrogen-bond acceptors (Lipinski definition) is 3. The fourth-order valence-corrected chi connectivity index (χ4v) is 3.03. The van der Waals surface area contributed by atoms with E-state index in [1.807, 2.05) is 18.2 Å². The van der Waals surface area contributed by atoms with Gasteiger partial charge < -0.3 is 15.2 Å². The summed E-state index contributed by atoms with van der Waals surface area (Å²) in [5.74, 6) is -0.221. The zero-order chi connectivity index (χ0) is 15.5. The van der Waals surface area contributed by atoms with Crippen LogP contribution in [0.4, 0.5) is 0 Å². The van der Waals surface area contributed by atoms with E-state index in [4.69, 9.17) is 0 Å². The number of fused-ring (bicyclic) bond motifs is 1. The van der Waals surface area contributed by atoms with Gasteiger partial charge in [-0.3, -0.25) is 9.59 Å². The third kappa shape index (κ3) is 3.04. The topological polar surface area (TPSA) is 65.2 Å². The lowest BCUT2D eigenvalue weighted by molar-refractivity contribution is 0.0924. The Balaban J connectivity index is 1.73. The zero-order valence-electron chi connectivity index (χ0n) is 12.8. The molecule has 1 aliphatic rings. The lowest BCUT2D eigenvalue weighted by Gasteiger charge is -2.32. The molecule has 0 saturated carbocycles. The van der Waals surface area contributed by atoms with Crippen LogP contribution in [-0.2, 0) is 0 Å². The molecule has 0 aliphatic carbocycles. The monoisotopic (exact) mass is 299 g/mol. The molecule has 1 aliphatic heterocycles. The number of likely N-dealkylation sites (N-methyl/N-ethyl adjacent to an activating group) is 1. The predicted molar refractivity (Wildman–Crippen MR) is 87.2 cm³/mol. The molecule has 1 fully saturated rings. The number of benzene rings is 1. The predicted octanol–water partition coefficient (Wildman–Crippen LogP) is 1.74. The number of para-hydroxylation sites is 1. The first-order valence-electron chi connectivity index (χ1n) is 7.75. The van der Waals surface area contributed by atoms with Crippen molar-refractivity contribution in [1.29, 1.82) is 0 Å². The number of aromatic nitrogens is 1. The van der Waals surface area contributed by atoms with Crippen LogP contribution in [0.1, 0.15) is 29.8 Å². The van der Waals surface area contributed by atoms with Crippen LogP contribution in [0, 0.1) is 0 Å². The van der Waals surface area contributed by atoms with Crippen molar-refractivity contribution >= 4 is 16.8 Å². The average molecular weight is 299 g/mol. The molecule has 116 valence electrons. The molecule has 1 atom stereocenters. The van der Waals surface area contributed by atoms with E-state index in [0.29, 0.717) is 29.2 Å². The van der Waals surface area contributed by atoms with E-state index < -0.39 is 0 Å². The minimum atomic E-state index is -0.221. The lowest BCUT2D eigenvalue weighted by Crippen LogP contribution is -2.44. The first kappa shape index (κ1) is 14.8. The number of aromatic amines is 1.